The zero-order chi connectivity index (χ0) is 29.4. The zero-order valence-electron chi connectivity index (χ0n) is 21.7. The minimum Gasteiger partial charge on any atom is -0.462 e. The lowest BCUT2D eigenvalue weighted by atomic mass is 10.1. The number of sulfonamides is 1. The maximum atomic E-state index is 13.4. The largest absolute Gasteiger partial charge is 0.462 e. The molecule has 0 bridgehead atoms. The van der Waals surface area contributed by atoms with Crippen LogP contribution in [0.25, 0.3) is 11.3 Å². The number of rotatable bonds is 11. The molecule has 0 saturated carbocycles. The van der Waals surface area contributed by atoms with Crippen LogP contribution in [0.5, 0.6) is 0 Å². The number of carbonyl (C=O) groups excluding carboxylic acids is 2. The van der Waals surface area contributed by atoms with Crippen LogP contribution < -0.4 is 9.73 Å². The summed E-state index contributed by atoms with van der Waals surface area (Å²) < 4.78 is 38.2. The van der Waals surface area contributed by atoms with Gasteiger partial charge in [-0.1, -0.05) is 42.5 Å². The van der Waals surface area contributed by atoms with Crippen molar-refractivity contribution >= 4 is 39.5 Å². The van der Waals surface area contributed by atoms with Gasteiger partial charge >= 0.3 is 5.97 Å². The first kappa shape index (κ1) is 28.7. The SMILES string of the molecule is CCOC(=O)c1ccc(-c2ccc(C=NNC(=O)CN(c3ccccc3[N+](=O)[O-])S(=O)(=O)c3ccccc3)o2)cc1. The first-order chi connectivity index (χ1) is 19.7. The lowest BCUT2D eigenvalue weighted by Gasteiger charge is -2.23. The topological polar surface area (TPSA) is 161 Å². The van der Waals surface area contributed by atoms with Gasteiger partial charge in [0.25, 0.3) is 21.6 Å². The van der Waals surface area contributed by atoms with E-state index >= 15 is 0 Å². The third-order valence-electron chi connectivity index (χ3n) is 5.65. The summed E-state index contributed by atoms with van der Waals surface area (Å²) >= 11 is 0. The Morgan fingerprint density at radius 3 is 2.37 bits per heavy atom. The highest BCUT2D eigenvalue weighted by Crippen LogP contribution is 2.32. The zero-order valence-corrected chi connectivity index (χ0v) is 22.5. The van der Waals surface area contributed by atoms with Crippen LogP contribution in [0.2, 0.25) is 0 Å². The number of para-hydroxylation sites is 2. The van der Waals surface area contributed by atoms with Crippen LogP contribution in [0.3, 0.4) is 0 Å². The van der Waals surface area contributed by atoms with Crippen LogP contribution in [-0.4, -0.2) is 44.6 Å². The Labute approximate surface area is 235 Å². The number of carbonyl (C=O) groups is 2. The average Bonchev–Trinajstić information content (AvgIpc) is 3.45. The molecule has 1 N–H and O–H groups in total. The number of nitro groups is 1. The van der Waals surface area contributed by atoms with Gasteiger partial charge in [-0.05, 0) is 49.4 Å². The third-order valence-corrected chi connectivity index (χ3v) is 7.43. The summed E-state index contributed by atoms with van der Waals surface area (Å²) in [5, 5.41) is 15.4. The number of nitro benzene ring substituents is 1. The fourth-order valence-electron chi connectivity index (χ4n) is 3.74. The maximum absolute atomic E-state index is 13.4. The summed E-state index contributed by atoms with van der Waals surface area (Å²) in [5.74, 6) is -0.522. The summed E-state index contributed by atoms with van der Waals surface area (Å²) in [6.45, 7) is 1.21. The van der Waals surface area contributed by atoms with Gasteiger partial charge in [0.1, 0.15) is 23.8 Å². The number of hydrogen-bond donors (Lipinski definition) is 1. The van der Waals surface area contributed by atoms with E-state index in [2.05, 4.69) is 10.5 Å². The second-order valence-electron chi connectivity index (χ2n) is 8.36. The number of nitrogens with one attached hydrogen (secondary N) is 1. The smallest absolute Gasteiger partial charge is 0.338 e. The molecule has 0 saturated heterocycles. The van der Waals surface area contributed by atoms with Gasteiger partial charge in [-0.25, -0.2) is 22.9 Å². The molecule has 0 spiro atoms. The number of hydrazone groups is 1. The van der Waals surface area contributed by atoms with Crippen LogP contribution in [-0.2, 0) is 19.6 Å². The van der Waals surface area contributed by atoms with Crippen molar-refractivity contribution in [1.29, 1.82) is 0 Å². The monoisotopic (exact) mass is 576 g/mol. The van der Waals surface area contributed by atoms with Crippen molar-refractivity contribution in [2.24, 2.45) is 5.10 Å². The van der Waals surface area contributed by atoms with E-state index in [0.29, 0.717) is 21.2 Å². The Kier molecular flexibility index (Phi) is 8.89. The number of ether oxygens (including phenoxy) is 1. The number of furan rings is 1. The summed E-state index contributed by atoms with van der Waals surface area (Å²) in [7, 11) is -4.35. The lowest BCUT2D eigenvalue weighted by Crippen LogP contribution is -2.39. The molecule has 41 heavy (non-hydrogen) atoms. The van der Waals surface area contributed by atoms with E-state index in [-0.39, 0.29) is 22.9 Å². The minimum atomic E-state index is -4.35. The van der Waals surface area contributed by atoms with Crippen molar-refractivity contribution in [3.8, 4) is 11.3 Å². The molecular weight excluding hydrogens is 552 g/mol. The van der Waals surface area contributed by atoms with Crippen molar-refractivity contribution in [3.63, 3.8) is 0 Å². The van der Waals surface area contributed by atoms with Gasteiger partial charge in [-0.3, -0.25) is 14.9 Å². The first-order valence-corrected chi connectivity index (χ1v) is 13.6. The van der Waals surface area contributed by atoms with Crippen molar-refractivity contribution in [3.05, 3.63) is 112 Å². The standard InChI is InChI=1S/C28H24N4O8S/c1-2-39-28(34)21-14-12-20(13-15-21)26-17-16-22(40-26)18-29-30-27(33)19-31(24-10-6-7-11-25(24)32(35)36)41(37,38)23-8-4-3-5-9-23/h3-18H,2,19H2,1H3,(H,30,33). The van der Waals surface area contributed by atoms with Gasteiger partial charge in [0.2, 0.25) is 0 Å². The Morgan fingerprint density at radius 2 is 1.68 bits per heavy atom. The van der Waals surface area contributed by atoms with E-state index < -0.39 is 39.1 Å². The predicted molar refractivity (Wildman–Crippen MR) is 150 cm³/mol. The highest BCUT2D eigenvalue weighted by molar-refractivity contribution is 7.92. The van der Waals surface area contributed by atoms with Gasteiger partial charge in [0.05, 0.1) is 28.2 Å². The second kappa shape index (κ2) is 12.7. The van der Waals surface area contributed by atoms with Gasteiger partial charge < -0.3 is 9.15 Å². The Bertz CT molecular complexity index is 1680. The van der Waals surface area contributed by atoms with Crippen LogP contribution in [0, 0.1) is 10.1 Å². The second-order valence-corrected chi connectivity index (χ2v) is 10.2. The molecule has 0 aliphatic carbocycles. The molecule has 4 rings (SSSR count). The number of nitrogens with zero attached hydrogens (tertiary/aromatic N) is 3. The van der Waals surface area contributed by atoms with Gasteiger partial charge in [0.15, 0.2) is 0 Å². The molecule has 0 aliphatic heterocycles. The van der Waals surface area contributed by atoms with E-state index in [1.807, 2.05) is 0 Å². The molecule has 1 amide bonds. The summed E-state index contributed by atoms with van der Waals surface area (Å²) in [6, 6.07) is 22.4. The lowest BCUT2D eigenvalue weighted by molar-refractivity contribution is -0.384. The molecular formula is C28H24N4O8S. The quantitative estimate of drug-likeness (QED) is 0.119. The minimum absolute atomic E-state index is 0.146. The molecule has 0 unspecified atom stereocenters. The molecule has 4 aromatic rings. The van der Waals surface area contributed by atoms with E-state index in [1.165, 1.54) is 48.7 Å². The molecule has 12 nitrogen and oxygen atoms in total. The van der Waals surface area contributed by atoms with E-state index in [9.17, 15) is 28.1 Å². The van der Waals surface area contributed by atoms with Gasteiger partial charge in [0, 0.05) is 11.6 Å². The molecule has 210 valence electrons. The van der Waals surface area contributed by atoms with Crippen molar-refractivity contribution in [2.75, 3.05) is 17.5 Å². The average molecular weight is 577 g/mol. The molecule has 1 aromatic heterocycles. The van der Waals surface area contributed by atoms with Crippen LogP contribution in [0.4, 0.5) is 11.4 Å². The maximum Gasteiger partial charge on any atom is 0.338 e. The fourth-order valence-corrected chi connectivity index (χ4v) is 5.20. The molecule has 0 fully saturated rings. The third kappa shape index (κ3) is 6.83. The highest BCUT2D eigenvalue weighted by atomic mass is 32.2. The molecule has 3 aromatic carbocycles. The molecule has 1 heterocycles. The fraction of sp³-hybridized carbons (Fsp3) is 0.107. The number of benzene rings is 3. The number of esters is 1. The predicted octanol–water partition coefficient (Wildman–Crippen LogP) is 4.38. The summed E-state index contributed by atoms with van der Waals surface area (Å²) in [4.78, 5) is 35.3. The molecule has 0 aliphatic rings. The summed E-state index contributed by atoms with van der Waals surface area (Å²) in [6.07, 6.45) is 1.22. The molecule has 0 radical (unpaired) electrons. The van der Waals surface area contributed by atoms with Gasteiger partial charge in [-0.15, -0.1) is 0 Å². The molecule has 13 heteroatoms. The van der Waals surface area contributed by atoms with Gasteiger partial charge in [-0.2, -0.15) is 5.10 Å². The van der Waals surface area contributed by atoms with Crippen LogP contribution in [0.1, 0.15) is 23.0 Å². The number of hydrogen-bond acceptors (Lipinski definition) is 9. The van der Waals surface area contributed by atoms with E-state index in [4.69, 9.17) is 9.15 Å². The Balaban J connectivity index is 1.49. The van der Waals surface area contributed by atoms with Crippen LogP contribution >= 0.6 is 0 Å². The normalized spacial score (nSPS) is 11.2. The van der Waals surface area contributed by atoms with Crippen molar-refractivity contribution in [2.45, 2.75) is 11.8 Å². The van der Waals surface area contributed by atoms with E-state index in [1.54, 1.807) is 49.4 Å². The van der Waals surface area contributed by atoms with Crippen LogP contribution in [0.15, 0.2) is 105 Å². The van der Waals surface area contributed by atoms with Crippen molar-refractivity contribution < 1.29 is 32.1 Å². The number of amides is 1. The Morgan fingerprint density at radius 1 is 1.00 bits per heavy atom. The highest BCUT2D eigenvalue weighted by Gasteiger charge is 2.31. The first-order valence-electron chi connectivity index (χ1n) is 12.2. The molecule has 0 atom stereocenters. The van der Waals surface area contributed by atoms with Crippen molar-refractivity contribution in [1.82, 2.24) is 5.43 Å². The number of anilines is 1. The summed E-state index contributed by atoms with van der Waals surface area (Å²) in [5.41, 5.74) is 2.56. The van der Waals surface area contributed by atoms with E-state index in [0.717, 1.165) is 6.07 Å². The Hall–Kier alpha value is -5.30.